The number of carboxylic acid groups (broad SMARTS) is 1. The van der Waals surface area contributed by atoms with Gasteiger partial charge in [-0.15, -0.1) is 0 Å². The van der Waals surface area contributed by atoms with Gasteiger partial charge in [0.1, 0.15) is 11.2 Å². The van der Waals surface area contributed by atoms with Gasteiger partial charge in [-0.1, -0.05) is 0 Å². The van der Waals surface area contributed by atoms with E-state index in [1.807, 2.05) is 11.5 Å². The van der Waals surface area contributed by atoms with Crippen molar-refractivity contribution in [1.82, 2.24) is 9.55 Å². The number of fused-ring (bicyclic) bond motifs is 1. The van der Waals surface area contributed by atoms with Gasteiger partial charge in [0.25, 0.3) is 0 Å². The lowest BCUT2D eigenvalue weighted by Crippen LogP contribution is -2.23. The molecule has 2 aromatic rings. The number of nitrogens with zero attached hydrogens (tertiary/aromatic N) is 2. The molecule has 2 aromatic heterocycles. The summed E-state index contributed by atoms with van der Waals surface area (Å²) in [6, 6.07) is 2.01. The fourth-order valence-electron chi connectivity index (χ4n) is 2.61. The summed E-state index contributed by atoms with van der Waals surface area (Å²) in [5.41, 5.74) is 1.32. The molecule has 1 saturated carbocycles. The molecule has 5 heteroatoms. The van der Waals surface area contributed by atoms with E-state index in [9.17, 15) is 14.7 Å². The fourth-order valence-corrected chi connectivity index (χ4v) is 2.61. The molecular weight excluding hydrogens is 244 g/mol. The van der Waals surface area contributed by atoms with Crippen molar-refractivity contribution >= 4 is 17.0 Å². The molecule has 1 fully saturated rings. The summed E-state index contributed by atoms with van der Waals surface area (Å²) in [5, 5.41) is 9.72. The highest BCUT2D eigenvalue weighted by atomic mass is 16.4. The van der Waals surface area contributed by atoms with Crippen LogP contribution in [0.15, 0.2) is 17.1 Å². The topological polar surface area (TPSA) is 72.2 Å². The zero-order valence-corrected chi connectivity index (χ0v) is 10.8. The number of pyridine rings is 2. The summed E-state index contributed by atoms with van der Waals surface area (Å²) < 4.78 is 1.91. The van der Waals surface area contributed by atoms with Crippen molar-refractivity contribution < 1.29 is 9.90 Å². The lowest BCUT2D eigenvalue weighted by Gasteiger charge is -2.16. The summed E-state index contributed by atoms with van der Waals surface area (Å²) in [7, 11) is 0. The lowest BCUT2D eigenvalue weighted by molar-refractivity contribution is 0.0694. The van der Waals surface area contributed by atoms with Gasteiger partial charge in [-0.3, -0.25) is 4.79 Å². The summed E-state index contributed by atoms with van der Waals surface area (Å²) in [5.74, 6) is -1.16. The molecule has 0 unspecified atom stereocenters. The second-order valence-corrected chi connectivity index (χ2v) is 5.02. The first-order valence-electron chi connectivity index (χ1n) is 6.26. The molecule has 19 heavy (non-hydrogen) atoms. The molecule has 0 radical (unpaired) electrons. The Bertz CT molecular complexity index is 757. The predicted molar refractivity (Wildman–Crippen MR) is 70.7 cm³/mol. The van der Waals surface area contributed by atoms with E-state index in [0.717, 1.165) is 18.4 Å². The van der Waals surface area contributed by atoms with Gasteiger partial charge in [0.2, 0.25) is 5.43 Å². The number of rotatable bonds is 2. The minimum Gasteiger partial charge on any atom is -0.477 e. The van der Waals surface area contributed by atoms with E-state index in [1.165, 1.54) is 0 Å². The number of aromatic nitrogens is 2. The predicted octanol–water partition coefficient (Wildman–Crippen LogP) is 2.05. The highest BCUT2D eigenvalue weighted by Crippen LogP contribution is 2.38. The Labute approximate surface area is 109 Å². The molecule has 0 spiro atoms. The van der Waals surface area contributed by atoms with Crippen LogP contribution in [-0.4, -0.2) is 20.6 Å². The van der Waals surface area contributed by atoms with Gasteiger partial charge in [0.05, 0.1) is 5.39 Å². The Hall–Kier alpha value is -2.17. The van der Waals surface area contributed by atoms with Gasteiger partial charge >= 0.3 is 5.97 Å². The van der Waals surface area contributed by atoms with Crippen LogP contribution in [0.4, 0.5) is 0 Å². The number of hydrogen-bond acceptors (Lipinski definition) is 3. The molecule has 2 heterocycles. The van der Waals surface area contributed by atoms with Crippen molar-refractivity contribution in [2.45, 2.75) is 32.7 Å². The third-order valence-electron chi connectivity index (χ3n) is 3.67. The Morgan fingerprint density at radius 2 is 2.11 bits per heavy atom. The third-order valence-corrected chi connectivity index (χ3v) is 3.67. The van der Waals surface area contributed by atoms with Crippen molar-refractivity contribution in [2.24, 2.45) is 0 Å². The average Bonchev–Trinajstić information content (AvgIpc) is 3.12. The first-order chi connectivity index (χ1) is 9.02. The van der Waals surface area contributed by atoms with Crippen molar-refractivity contribution in [1.29, 1.82) is 0 Å². The second kappa shape index (κ2) is 3.91. The molecule has 0 amide bonds. The van der Waals surface area contributed by atoms with Crippen LogP contribution in [0.2, 0.25) is 0 Å². The summed E-state index contributed by atoms with van der Waals surface area (Å²) >= 11 is 0. The van der Waals surface area contributed by atoms with Crippen LogP contribution >= 0.6 is 0 Å². The number of carbonyl (C=O) groups is 1. The zero-order chi connectivity index (χ0) is 13.7. The van der Waals surface area contributed by atoms with E-state index in [0.29, 0.717) is 16.7 Å². The van der Waals surface area contributed by atoms with Crippen molar-refractivity contribution in [3.63, 3.8) is 0 Å². The summed E-state index contributed by atoms with van der Waals surface area (Å²) in [6.45, 7) is 3.50. The number of aromatic carboxylic acids is 1. The van der Waals surface area contributed by atoms with Gasteiger partial charge in [-0.25, -0.2) is 9.78 Å². The third kappa shape index (κ3) is 1.65. The number of aryl methyl sites for hydroxylation is 1. The van der Waals surface area contributed by atoms with Crippen LogP contribution < -0.4 is 5.43 Å². The number of hydrogen-bond donors (Lipinski definition) is 1. The molecule has 0 aliphatic heterocycles. The molecule has 98 valence electrons. The standard InChI is InChI=1S/C14H14N2O3/c1-7-5-6-15-13-10(7)12(17)11(14(18)19)8(2)16(13)9-3-4-9/h5-6,9H,3-4H2,1-2H3,(H,18,19). The minimum absolute atomic E-state index is 0.129. The molecule has 0 atom stereocenters. The van der Waals surface area contributed by atoms with E-state index in [2.05, 4.69) is 4.98 Å². The summed E-state index contributed by atoms with van der Waals surface area (Å²) in [4.78, 5) is 28.0. The van der Waals surface area contributed by atoms with Gasteiger partial charge in [0, 0.05) is 17.9 Å². The molecule has 1 aliphatic rings. The molecule has 0 aromatic carbocycles. The first kappa shape index (κ1) is 11.9. The van der Waals surface area contributed by atoms with Crippen LogP contribution in [0.5, 0.6) is 0 Å². The van der Waals surface area contributed by atoms with Crippen molar-refractivity contribution in [3.05, 3.63) is 39.3 Å². The maximum atomic E-state index is 12.4. The fraction of sp³-hybridized carbons (Fsp3) is 0.357. The average molecular weight is 258 g/mol. The number of carboxylic acids is 1. The first-order valence-corrected chi connectivity index (χ1v) is 6.26. The van der Waals surface area contributed by atoms with E-state index in [-0.39, 0.29) is 11.6 Å². The zero-order valence-electron chi connectivity index (χ0n) is 10.8. The molecule has 0 saturated heterocycles. The Morgan fingerprint density at radius 1 is 1.42 bits per heavy atom. The van der Waals surface area contributed by atoms with Crippen molar-refractivity contribution in [2.75, 3.05) is 0 Å². The van der Waals surface area contributed by atoms with E-state index >= 15 is 0 Å². The molecule has 0 bridgehead atoms. The van der Waals surface area contributed by atoms with Gasteiger partial charge in [0.15, 0.2) is 0 Å². The van der Waals surface area contributed by atoms with E-state index in [1.54, 1.807) is 19.2 Å². The smallest absolute Gasteiger partial charge is 0.341 e. The molecule has 5 nitrogen and oxygen atoms in total. The van der Waals surface area contributed by atoms with Crippen LogP contribution in [-0.2, 0) is 0 Å². The maximum Gasteiger partial charge on any atom is 0.341 e. The second-order valence-electron chi connectivity index (χ2n) is 5.02. The lowest BCUT2D eigenvalue weighted by atomic mass is 10.1. The molecular formula is C14H14N2O3. The van der Waals surface area contributed by atoms with Gasteiger partial charge in [-0.2, -0.15) is 0 Å². The molecule has 1 N–H and O–H groups in total. The van der Waals surface area contributed by atoms with Crippen LogP contribution in [0.3, 0.4) is 0 Å². The van der Waals surface area contributed by atoms with Crippen LogP contribution in [0, 0.1) is 13.8 Å². The molecule has 1 aliphatic carbocycles. The van der Waals surface area contributed by atoms with Crippen LogP contribution in [0.25, 0.3) is 11.0 Å². The van der Waals surface area contributed by atoms with E-state index < -0.39 is 11.4 Å². The van der Waals surface area contributed by atoms with Gasteiger partial charge < -0.3 is 9.67 Å². The maximum absolute atomic E-state index is 12.4. The van der Waals surface area contributed by atoms with Crippen LogP contribution in [0.1, 0.15) is 40.5 Å². The minimum atomic E-state index is -1.16. The normalized spacial score (nSPS) is 14.8. The highest BCUT2D eigenvalue weighted by molar-refractivity contribution is 5.94. The largest absolute Gasteiger partial charge is 0.477 e. The Balaban J connectivity index is 2.55. The quantitative estimate of drug-likeness (QED) is 0.894. The Kier molecular flexibility index (Phi) is 2.45. The Morgan fingerprint density at radius 3 is 2.68 bits per heavy atom. The summed E-state index contributed by atoms with van der Waals surface area (Å²) in [6.07, 6.45) is 3.68. The van der Waals surface area contributed by atoms with E-state index in [4.69, 9.17) is 0 Å². The SMILES string of the molecule is Cc1ccnc2c1c(=O)c(C(=O)O)c(C)n2C1CC1. The van der Waals surface area contributed by atoms with Gasteiger partial charge in [-0.05, 0) is 38.3 Å². The van der Waals surface area contributed by atoms with Crippen molar-refractivity contribution in [3.8, 4) is 0 Å². The molecule has 3 rings (SSSR count). The highest BCUT2D eigenvalue weighted by Gasteiger charge is 2.30. The monoisotopic (exact) mass is 258 g/mol.